The third kappa shape index (κ3) is 3.56. The number of aromatic nitrogens is 5. The lowest BCUT2D eigenvalue weighted by Crippen LogP contribution is -2.42. The van der Waals surface area contributed by atoms with Crippen molar-refractivity contribution in [2.24, 2.45) is 0 Å². The number of pyridine rings is 1. The van der Waals surface area contributed by atoms with E-state index in [1.165, 1.54) is 17.4 Å². The van der Waals surface area contributed by atoms with Gasteiger partial charge in [0.2, 0.25) is 0 Å². The number of piperidine rings is 1. The summed E-state index contributed by atoms with van der Waals surface area (Å²) in [4.78, 5) is 21.7. The predicted octanol–water partition coefficient (Wildman–Crippen LogP) is 3.99. The topological polar surface area (TPSA) is 79.7 Å². The number of rotatable bonds is 3. The van der Waals surface area contributed by atoms with Gasteiger partial charge in [-0.1, -0.05) is 0 Å². The van der Waals surface area contributed by atoms with E-state index in [0.29, 0.717) is 11.4 Å². The van der Waals surface area contributed by atoms with Crippen LogP contribution in [0, 0.1) is 6.92 Å². The summed E-state index contributed by atoms with van der Waals surface area (Å²) in [5, 5.41) is 8.67. The minimum atomic E-state index is -2.68. The maximum atomic E-state index is 13.4. The number of alkyl halides is 2. The minimum Gasteiger partial charge on any atom is -0.338 e. The van der Waals surface area contributed by atoms with E-state index in [0.717, 1.165) is 27.8 Å². The first-order chi connectivity index (χ1) is 14.9. The number of aromatic amines is 1. The Balaban J connectivity index is 1.43. The van der Waals surface area contributed by atoms with Crippen LogP contribution in [0.15, 0.2) is 49.1 Å². The number of H-pyrrole nitrogens is 1. The average Bonchev–Trinajstić information content (AvgIpc) is 3.43. The molecule has 1 aliphatic rings. The largest absolute Gasteiger partial charge is 0.338 e. The fourth-order valence-electron chi connectivity index (χ4n) is 3.97. The molecular formula is C22H20F2N6O. The first-order valence-corrected chi connectivity index (χ1v) is 10.0. The second-order valence-corrected chi connectivity index (χ2v) is 7.81. The molecule has 5 rings (SSSR count). The van der Waals surface area contributed by atoms with Crippen LogP contribution in [0.4, 0.5) is 8.78 Å². The Kier molecular flexibility index (Phi) is 4.53. The van der Waals surface area contributed by atoms with Crippen LogP contribution < -0.4 is 0 Å². The number of halogens is 2. The van der Waals surface area contributed by atoms with E-state index in [1.54, 1.807) is 6.07 Å². The number of likely N-dealkylation sites (tertiary alicyclic amines) is 1. The van der Waals surface area contributed by atoms with Gasteiger partial charge in [0.25, 0.3) is 11.8 Å². The Morgan fingerprint density at radius 2 is 1.97 bits per heavy atom. The summed E-state index contributed by atoms with van der Waals surface area (Å²) in [6.45, 7) is 2.12. The molecule has 1 fully saturated rings. The van der Waals surface area contributed by atoms with Crippen molar-refractivity contribution in [3.63, 3.8) is 0 Å². The molecule has 0 radical (unpaired) electrons. The van der Waals surface area contributed by atoms with Gasteiger partial charge in [0, 0.05) is 55.0 Å². The molecule has 1 aliphatic heterocycles. The number of nitrogens with zero attached hydrogens (tertiary/aromatic N) is 5. The summed E-state index contributed by atoms with van der Waals surface area (Å²) >= 11 is 0. The third-order valence-electron chi connectivity index (χ3n) is 5.70. The van der Waals surface area contributed by atoms with Crippen molar-refractivity contribution in [2.75, 3.05) is 13.1 Å². The van der Waals surface area contributed by atoms with Crippen molar-refractivity contribution >= 4 is 16.9 Å². The van der Waals surface area contributed by atoms with Gasteiger partial charge in [0.05, 0.1) is 5.56 Å². The number of carbonyl (C=O) groups excluding carboxylic acids is 1. The van der Waals surface area contributed by atoms with Crippen LogP contribution in [0.1, 0.15) is 28.8 Å². The normalized spacial score (nSPS) is 16.0. The molecule has 0 spiro atoms. The highest BCUT2D eigenvalue weighted by molar-refractivity contribution is 5.97. The maximum absolute atomic E-state index is 13.4. The highest BCUT2D eigenvalue weighted by Crippen LogP contribution is 2.29. The van der Waals surface area contributed by atoms with Crippen molar-refractivity contribution in [2.45, 2.75) is 25.7 Å². The summed E-state index contributed by atoms with van der Waals surface area (Å²) < 4.78 is 28.7. The molecule has 4 aromatic rings. The van der Waals surface area contributed by atoms with Gasteiger partial charge >= 0.3 is 0 Å². The summed E-state index contributed by atoms with van der Waals surface area (Å²) in [5.74, 6) is -2.24. The van der Waals surface area contributed by atoms with Crippen molar-refractivity contribution < 1.29 is 13.6 Å². The van der Waals surface area contributed by atoms with E-state index in [-0.39, 0.29) is 31.8 Å². The number of aryl methyl sites for hydroxylation is 1. The number of amides is 1. The first-order valence-electron chi connectivity index (χ1n) is 10.0. The monoisotopic (exact) mass is 422 g/mol. The minimum absolute atomic E-state index is 0.0572. The molecule has 0 bridgehead atoms. The van der Waals surface area contributed by atoms with Crippen LogP contribution in [-0.4, -0.2) is 54.6 Å². The molecule has 3 aromatic heterocycles. The number of carbonyl (C=O) groups is 1. The smallest absolute Gasteiger partial charge is 0.255 e. The van der Waals surface area contributed by atoms with E-state index in [9.17, 15) is 13.6 Å². The molecule has 1 saturated heterocycles. The highest BCUT2D eigenvalue weighted by atomic mass is 19.3. The van der Waals surface area contributed by atoms with Crippen LogP contribution in [0.3, 0.4) is 0 Å². The fraction of sp³-hybridized carbons (Fsp3) is 0.273. The molecule has 9 heteroatoms. The Hall–Kier alpha value is -3.62. The quantitative estimate of drug-likeness (QED) is 0.541. The van der Waals surface area contributed by atoms with Gasteiger partial charge in [0.1, 0.15) is 12.0 Å². The SMILES string of the molecule is Cc1cc(-c2nnc[nH]2)ccc1-n1ccc2cc(C(=O)N3CCC(F)(F)CC3)cnc21. The van der Waals surface area contributed by atoms with Crippen molar-refractivity contribution in [3.05, 3.63) is 60.2 Å². The van der Waals surface area contributed by atoms with Crippen LogP contribution in [-0.2, 0) is 0 Å². The van der Waals surface area contributed by atoms with Crippen molar-refractivity contribution in [1.29, 1.82) is 0 Å². The number of nitrogens with one attached hydrogen (secondary N) is 1. The van der Waals surface area contributed by atoms with Gasteiger partial charge in [0.15, 0.2) is 5.82 Å². The van der Waals surface area contributed by atoms with E-state index >= 15 is 0 Å². The third-order valence-corrected chi connectivity index (χ3v) is 5.70. The predicted molar refractivity (Wildman–Crippen MR) is 111 cm³/mol. The Morgan fingerprint density at radius 1 is 1.16 bits per heavy atom. The Morgan fingerprint density at radius 3 is 2.68 bits per heavy atom. The second-order valence-electron chi connectivity index (χ2n) is 7.81. The number of hydrogen-bond donors (Lipinski definition) is 1. The molecule has 1 N–H and O–H groups in total. The maximum Gasteiger partial charge on any atom is 0.255 e. The zero-order valence-electron chi connectivity index (χ0n) is 16.8. The average molecular weight is 422 g/mol. The highest BCUT2D eigenvalue weighted by Gasteiger charge is 2.35. The van der Waals surface area contributed by atoms with Gasteiger partial charge in [-0.3, -0.25) is 4.79 Å². The van der Waals surface area contributed by atoms with E-state index < -0.39 is 5.92 Å². The van der Waals surface area contributed by atoms with E-state index in [4.69, 9.17) is 0 Å². The number of hydrogen-bond acceptors (Lipinski definition) is 4. The summed E-state index contributed by atoms with van der Waals surface area (Å²) in [6.07, 6.45) is 4.37. The van der Waals surface area contributed by atoms with E-state index in [2.05, 4.69) is 20.2 Å². The zero-order valence-corrected chi connectivity index (χ0v) is 16.8. The van der Waals surface area contributed by atoms with Gasteiger partial charge in [-0.15, -0.1) is 10.2 Å². The van der Waals surface area contributed by atoms with Crippen molar-refractivity contribution in [3.8, 4) is 17.1 Å². The van der Waals surface area contributed by atoms with Crippen LogP contribution in [0.25, 0.3) is 28.1 Å². The molecule has 1 amide bonds. The molecule has 158 valence electrons. The zero-order chi connectivity index (χ0) is 21.6. The van der Waals surface area contributed by atoms with Crippen molar-refractivity contribution in [1.82, 2.24) is 29.6 Å². The first kappa shape index (κ1) is 19.3. The number of fused-ring (bicyclic) bond motifs is 1. The molecule has 0 atom stereocenters. The molecule has 7 nitrogen and oxygen atoms in total. The molecule has 0 saturated carbocycles. The molecule has 31 heavy (non-hydrogen) atoms. The van der Waals surface area contributed by atoms with E-state index in [1.807, 2.05) is 42.0 Å². The van der Waals surface area contributed by atoms with Crippen LogP contribution in [0.2, 0.25) is 0 Å². The van der Waals surface area contributed by atoms with Crippen LogP contribution >= 0.6 is 0 Å². The summed E-state index contributed by atoms with van der Waals surface area (Å²) in [5.41, 5.74) is 4.05. The fourth-order valence-corrected chi connectivity index (χ4v) is 3.97. The Bertz CT molecular complexity index is 1250. The summed E-state index contributed by atoms with van der Waals surface area (Å²) in [7, 11) is 0. The summed E-state index contributed by atoms with van der Waals surface area (Å²) in [6, 6.07) is 9.63. The number of benzene rings is 1. The second kappa shape index (κ2) is 7.26. The lowest BCUT2D eigenvalue weighted by molar-refractivity contribution is -0.0494. The molecule has 4 heterocycles. The Labute approximate surface area is 176 Å². The van der Waals surface area contributed by atoms with Gasteiger partial charge in [-0.25, -0.2) is 13.8 Å². The molecule has 1 aromatic carbocycles. The molecule has 0 aliphatic carbocycles. The van der Waals surface area contributed by atoms with Crippen LogP contribution in [0.5, 0.6) is 0 Å². The van der Waals surface area contributed by atoms with Gasteiger partial charge in [-0.2, -0.15) is 0 Å². The standard InChI is InChI=1S/C22H20F2N6O/c1-14-10-15(19-26-13-27-28-19)2-3-18(14)30-7-4-16-11-17(12-25-20(16)30)21(31)29-8-5-22(23,24)6-9-29/h2-4,7,10-13H,5-6,8-9H2,1H3,(H,26,27,28). The lowest BCUT2D eigenvalue weighted by Gasteiger charge is -2.31. The van der Waals surface area contributed by atoms with Gasteiger partial charge < -0.3 is 14.5 Å². The molecular weight excluding hydrogens is 402 g/mol. The lowest BCUT2D eigenvalue weighted by atomic mass is 10.1. The molecule has 0 unspecified atom stereocenters. The van der Waals surface area contributed by atoms with Gasteiger partial charge in [-0.05, 0) is 42.8 Å².